The molecule has 112 valence electrons. The van der Waals surface area contributed by atoms with Gasteiger partial charge in [-0.25, -0.2) is 0 Å². The second-order valence-corrected chi connectivity index (χ2v) is 4.58. The van der Waals surface area contributed by atoms with Gasteiger partial charge in [0.1, 0.15) is 5.75 Å². The Morgan fingerprint density at radius 2 is 1.71 bits per heavy atom. The molecule has 0 bridgehead atoms. The molecule has 0 aliphatic carbocycles. The summed E-state index contributed by atoms with van der Waals surface area (Å²) in [6.07, 6.45) is 0. The normalized spacial score (nSPS) is 10.3. The first-order valence-electron chi connectivity index (χ1n) is 7.09. The van der Waals surface area contributed by atoms with Crippen LogP contribution >= 0.6 is 0 Å². The average molecular weight is 287 g/mol. The third kappa shape index (κ3) is 3.81. The van der Waals surface area contributed by atoms with Gasteiger partial charge in [-0.15, -0.1) is 0 Å². The summed E-state index contributed by atoms with van der Waals surface area (Å²) in [6, 6.07) is 8.06. The van der Waals surface area contributed by atoms with Crippen molar-refractivity contribution in [1.29, 1.82) is 0 Å². The van der Waals surface area contributed by atoms with Crippen LogP contribution in [0.3, 0.4) is 0 Å². The number of aromatic nitrogens is 3. The van der Waals surface area contributed by atoms with Crippen molar-refractivity contribution >= 4 is 11.9 Å². The fourth-order valence-electron chi connectivity index (χ4n) is 1.86. The first-order chi connectivity index (χ1) is 10.2. The summed E-state index contributed by atoms with van der Waals surface area (Å²) in [7, 11) is 1.77. The van der Waals surface area contributed by atoms with E-state index >= 15 is 0 Å². The van der Waals surface area contributed by atoms with Crippen LogP contribution in [0.4, 0.5) is 11.9 Å². The Balaban J connectivity index is 2.29. The molecule has 0 spiro atoms. The molecule has 0 amide bonds. The molecule has 1 N–H and O–H groups in total. The molecule has 2 rings (SSSR count). The maximum absolute atomic E-state index is 5.73. The summed E-state index contributed by atoms with van der Waals surface area (Å²) in [5.74, 6) is 1.81. The van der Waals surface area contributed by atoms with Crippen molar-refractivity contribution in [1.82, 2.24) is 15.0 Å². The molecule has 21 heavy (non-hydrogen) atoms. The lowest BCUT2D eigenvalue weighted by Gasteiger charge is -2.19. The Morgan fingerprint density at radius 3 is 2.29 bits per heavy atom. The van der Waals surface area contributed by atoms with Gasteiger partial charge in [0, 0.05) is 20.1 Å². The molecule has 0 fully saturated rings. The molecule has 1 aromatic heterocycles. The van der Waals surface area contributed by atoms with Gasteiger partial charge < -0.3 is 15.0 Å². The molecule has 0 radical (unpaired) electrons. The molecule has 1 heterocycles. The molecule has 0 saturated carbocycles. The Hall–Kier alpha value is -2.37. The highest BCUT2D eigenvalue weighted by Gasteiger charge is 2.12. The summed E-state index contributed by atoms with van der Waals surface area (Å²) in [6.45, 7) is 7.81. The largest absolute Gasteiger partial charge is 0.424 e. The van der Waals surface area contributed by atoms with Gasteiger partial charge in [0.05, 0.1) is 0 Å². The number of benzene rings is 1. The quantitative estimate of drug-likeness (QED) is 0.881. The molecule has 0 aliphatic rings. The number of ether oxygens (including phenoxy) is 1. The summed E-state index contributed by atoms with van der Waals surface area (Å²) in [5, 5.41) is 2.94. The Kier molecular flexibility index (Phi) is 4.92. The number of anilines is 2. The number of nitrogens with one attached hydrogen (secondary N) is 1. The van der Waals surface area contributed by atoms with E-state index in [9.17, 15) is 0 Å². The van der Waals surface area contributed by atoms with Crippen LogP contribution in [-0.2, 0) is 0 Å². The zero-order valence-electron chi connectivity index (χ0n) is 12.9. The fourth-order valence-corrected chi connectivity index (χ4v) is 1.86. The molecule has 0 unspecified atom stereocenters. The topological polar surface area (TPSA) is 63.2 Å². The molecule has 0 aliphatic heterocycles. The van der Waals surface area contributed by atoms with Gasteiger partial charge in [0.15, 0.2) is 0 Å². The van der Waals surface area contributed by atoms with Crippen LogP contribution in [0.15, 0.2) is 24.3 Å². The zero-order valence-corrected chi connectivity index (χ0v) is 12.9. The van der Waals surface area contributed by atoms with Gasteiger partial charge in [0.2, 0.25) is 11.9 Å². The standard InChI is InChI=1S/C15H21N5O/c1-5-20(6-2)14-17-13(16-4)18-15(19-14)21-12-9-7-11(3)8-10-12/h7-10H,5-6H2,1-4H3,(H,16,17,18,19). The van der Waals surface area contributed by atoms with Crippen molar-refractivity contribution in [2.75, 3.05) is 30.4 Å². The smallest absolute Gasteiger partial charge is 0.328 e. The monoisotopic (exact) mass is 287 g/mol. The van der Waals surface area contributed by atoms with Gasteiger partial charge in [-0.1, -0.05) is 17.7 Å². The summed E-state index contributed by atoms with van der Waals surface area (Å²) >= 11 is 0. The van der Waals surface area contributed by atoms with Crippen molar-refractivity contribution in [3.8, 4) is 11.8 Å². The molecular weight excluding hydrogens is 266 g/mol. The molecule has 0 atom stereocenters. The second kappa shape index (κ2) is 6.88. The van der Waals surface area contributed by atoms with E-state index in [1.807, 2.05) is 36.1 Å². The lowest BCUT2D eigenvalue weighted by molar-refractivity contribution is 0.440. The minimum absolute atomic E-state index is 0.292. The lowest BCUT2D eigenvalue weighted by atomic mass is 10.2. The third-order valence-electron chi connectivity index (χ3n) is 3.10. The Bertz CT molecular complexity index is 581. The van der Waals surface area contributed by atoms with Crippen molar-refractivity contribution in [3.63, 3.8) is 0 Å². The van der Waals surface area contributed by atoms with E-state index in [0.717, 1.165) is 13.1 Å². The molecule has 2 aromatic rings. The van der Waals surface area contributed by atoms with E-state index < -0.39 is 0 Å². The average Bonchev–Trinajstić information content (AvgIpc) is 2.50. The highest BCUT2D eigenvalue weighted by Crippen LogP contribution is 2.21. The number of nitrogens with zero attached hydrogens (tertiary/aromatic N) is 4. The van der Waals surface area contributed by atoms with E-state index in [-0.39, 0.29) is 0 Å². The zero-order chi connectivity index (χ0) is 15.2. The van der Waals surface area contributed by atoms with Crippen molar-refractivity contribution < 1.29 is 4.74 Å². The van der Waals surface area contributed by atoms with E-state index in [1.165, 1.54) is 5.56 Å². The Labute approximate surface area is 125 Å². The van der Waals surface area contributed by atoms with E-state index in [1.54, 1.807) is 7.05 Å². The maximum Gasteiger partial charge on any atom is 0.328 e. The van der Waals surface area contributed by atoms with Crippen molar-refractivity contribution in [2.24, 2.45) is 0 Å². The van der Waals surface area contributed by atoms with E-state index in [2.05, 4.69) is 34.1 Å². The van der Waals surface area contributed by atoms with Gasteiger partial charge in [0.25, 0.3) is 0 Å². The fraction of sp³-hybridized carbons (Fsp3) is 0.400. The highest BCUT2D eigenvalue weighted by atomic mass is 16.5. The van der Waals surface area contributed by atoms with Crippen LogP contribution in [0.2, 0.25) is 0 Å². The third-order valence-corrected chi connectivity index (χ3v) is 3.10. The van der Waals surface area contributed by atoms with Crippen LogP contribution in [0, 0.1) is 6.92 Å². The van der Waals surface area contributed by atoms with Gasteiger partial charge in [-0.3, -0.25) is 0 Å². The minimum Gasteiger partial charge on any atom is -0.424 e. The predicted octanol–water partition coefficient (Wildman–Crippen LogP) is 2.86. The lowest BCUT2D eigenvalue weighted by Crippen LogP contribution is -2.25. The SMILES string of the molecule is CCN(CC)c1nc(NC)nc(Oc2ccc(C)cc2)n1. The molecule has 6 heteroatoms. The molecule has 0 saturated heterocycles. The van der Waals surface area contributed by atoms with Crippen LogP contribution < -0.4 is 15.0 Å². The maximum atomic E-state index is 5.73. The van der Waals surface area contributed by atoms with Gasteiger partial charge in [-0.2, -0.15) is 15.0 Å². The predicted molar refractivity (Wildman–Crippen MR) is 84.2 cm³/mol. The number of hydrogen-bond acceptors (Lipinski definition) is 6. The second-order valence-electron chi connectivity index (χ2n) is 4.58. The van der Waals surface area contributed by atoms with Gasteiger partial charge >= 0.3 is 6.01 Å². The van der Waals surface area contributed by atoms with Crippen LogP contribution in [0.25, 0.3) is 0 Å². The van der Waals surface area contributed by atoms with Crippen LogP contribution in [0.5, 0.6) is 11.8 Å². The van der Waals surface area contributed by atoms with E-state index in [0.29, 0.717) is 23.7 Å². The highest BCUT2D eigenvalue weighted by molar-refractivity contribution is 5.39. The van der Waals surface area contributed by atoms with Crippen LogP contribution in [-0.4, -0.2) is 35.1 Å². The summed E-state index contributed by atoms with van der Waals surface area (Å²) < 4.78 is 5.73. The van der Waals surface area contributed by atoms with Gasteiger partial charge in [-0.05, 0) is 32.9 Å². The molecule has 6 nitrogen and oxygen atoms in total. The van der Waals surface area contributed by atoms with Crippen molar-refractivity contribution in [2.45, 2.75) is 20.8 Å². The number of hydrogen-bond donors (Lipinski definition) is 1. The first-order valence-corrected chi connectivity index (χ1v) is 7.09. The summed E-state index contributed by atoms with van der Waals surface area (Å²) in [4.78, 5) is 15.0. The number of aryl methyl sites for hydroxylation is 1. The molecular formula is C15H21N5O. The minimum atomic E-state index is 0.292. The van der Waals surface area contributed by atoms with Crippen LogP contribution in [0.1, 0.15) is 19.4 Å². The van der Waals surface area contributed by atoms with E-state index in [4.69, 9.17) is 4.74 Å². The van der Waals surface area contributed by atoms with Crippen molar-refractivity contribution in [3.05, 3.63) is 29.8 Å². The molecule has 1 aromatic carbocycles. The first kappa shape index (κ1) is 15.0. The Morgan fingerprint density at radius 1 is 1.05 bits per heavy atom. The number of rotatable bonds is 6. The summed E-state index contributed by atoms with van der Waals surface area (Å²) in [5.41, 5.74) is 1.18.